The van der Waals surface area contributed by atoms with Crippen molar-refractivity contribution in [1.29, 1.82) is 0 Å². The fraction of sp³-hybridized carbons (Fsp3) is 0.467. The molecule has 2 atom stereocenters. The summed E-state index contributed by atoms with van der Waals surface area (Å²) in [5.74, 6) is 0.658. The molecule has 4 nitrogen and oxygen atoms in total. The summed E-state index contributed by atoms with van der Waals surface area (Å²) in [7, 11) is 0. The van der Waals surface area contributed by atoms with Gasteiger partial charge in [-0.2, -0.15) is 0 Å². The molecule has 0 amide bonds. The number of hydrogen-bond donors (Lipinski definition) is 2. The molecule has 0 aliphatic rings. The maximum atomic E-state index is 9.69. The number of rotatable bonds is 6. The Kier molecular flexibility index (Phi) is 5.20. The minimum absolute atomic E-state index is 0.0901. The summed E-state index contributed by atoms with van der Waals surface area (Å²) in [5.41, 5.74) is 0.932. The number of thioether (sulfide) groups is 1. The molecule has 2 unspecified atom stereocenters. The van der Waals surface area contributed by atoms with Gasteiger partial charge in [0.2, 0.25) is 5.95 Å². The zero-order valence-corrected chi connectivity index (χ0v) is 12.9. The molecule has 0 aliphatic carbocycles. The Morgan fingerprint density at radius 1 is 1.25 bits per heavy atom. The van der Waals surface area contributed by atoms with Gasteiger partial charge in [0.15, 0.2) is 0 Å². The van der Waals surface area contributed by atoms with E-state index in [1.165, 1.54) is 0 Å². The van der Waals surface area contributed by atoms with Crippen LogP contribution in [-0.2, 0) is 0 Å². The van der Waals surface area contributed by atoms with Crippen LogP contribution in [0.5, 0.6) is 0 Å². The van der Waals surface area contributed by atoms with Gasteiger partial charge in [-0.15, -0.1) is 0 Å². The number of para-hydroxylation sites is 1. The monoisotopic (exact) mass is 291 g/mol. The van der Waals surface area contributed by atoms with Crippen molar-refractivity contribution in [2.45, 2.75) is 43.6 Å². The van der Waals surface area contributed by atoms with E-state index in [0.717, 1.165) is 28.9 Å². The first-order valence-electron chi connectivity index (χ1n) is 6.97. The van der Waals surface area contributed by atoms with Crippen LogP contribution in [0.15, 0.2) is 29.3 Å². The molecule has 20 heavy (non-hydrogen) atoms. The zero-order chi connectivity index (χ0) is 14.5. The van der Waals surface area contributed by atoms with E-state index < -0.39 is 0 Å². The number of aliphatic hydroxyl groups excluding tert-OH is 1. The molecule has 2 aromatic rings. The minimum Gasteiger partial charge on any atom is -0.392 e. The molecule has 1 heterocycles. The molecule has 108 valence electrons. The van der Waals surface area contributed by atoms with Crippen molar-refractivity contribution < 1.29 is 5.11 Å². The van der Waals surface area contributed by atoms with E-state index in [1.54, 1.807) is 18.7 Å². The Hall–Kier alpha value is -1.33. The maximum absolute atomic E-state index is 9.69. The van der Waals surface area contributed by atoms with Gasteiger partial charge in [0.05, 0.1) is 11.6 Å². The first-order valence-corrected chi connectivity index (χ1v) is 7.85. The number of anilines is 1. The van der Waals surface area contributed by atoms with E-state index in [0.29, 0.717) is 5.95 Å². The second-order valence-corrected chi connectivity index (χ2v) is 6.23. The third-order valence-corrected chi connectivity index (χ3v) is 4.38. The van der Waals surface area contributed by atoms with E-state index in [1.807, 2.05) is 31.2 Å². The maximum Gasteiger partial charge on any atom is 0.224 e. The molecule has 1 aromatic carbocycles. The number of aliphatic hydroxyl groups is 1. The topological polar surface area (TPSA) is 58.0 Å². The first kappa shape index (κ1) is 15.1. The summed E-state index contributed by atoms with van der Waals surface area (Å²) >= 11 is 1.59. The van der Waals surface area contributed by atoms with Crippen LogP contribution in [0.1, 0.15) is 27.2 Å². The molecule has 0 saturated carbocycles. The highest BCUT2D eigenvalue weighted by molar-refractivity contribution is 8.00. The number of aromatic nitrogens is 2. The number of benzene rings is 1. The van der Waals surface area contributed by atoms with Gasteiger partial charge in [0.1, 0.15) is 5.03 Å². The van der Waals surface area contributed by atoms with E-state index >= 15 is 0 Å². The third kappa shape index (κ3) is 3.61. The fourth-order valence-electron chi connectivity index (χ4n) is 1.73. The van der Waals surface area contributed by atoms with Gasteiger partial charge in [-0.3, -0.25) is 0 Å². The standard InChI is InChI=1S/C15H21N3OS/c1-4-9-16-15-17-13-8-6-5-7-12(13)14(18-15)20-11(3)10(2)19/h5-8,10-11,19H,4,9H2,1-3H3,(H,16,17,18). The average molecular weight is 291 g/mol. The van der Waals surface area contributed by atoms with Crippen molar-refractivity contribution in [2.75, 3.05) is 11.9 Å². The van der Waals surface area contributed by atoms with E-state index in [4.69, 9.17) is 0 Å². The summed E-state index contributed by atoms with van der Waals surface area (Å²) in [5, 5.41) is 15.0. The van der Waals surface area contributed by atoms with Gasteiger partial charge in [0, 0.05) is 17.2 Å². The van der Waals surface area contributed by atoms with E-state index in [-0.39, 0.29) is 11.4 Å². The van der Waals surface area contributed by atoms with E-state index in [2.05, 4.69) is 22.2 Å². The summed E-state index contributed by atoms with van der Waals surface area (Å²) in [6.07, 6.45) is 0.656. The van der Waals surface area contributed by atoms with Gasteiger partial charge in [0.25, 0.3) is 0 Å². The van der Waals surface area contributed by atoms with Crippen LogP contribution in [-0.4, -0.2) is 33.0 Å². The second-order valence-electron chi connectivity index (χ2n) is 4.86. The molecule has 0 saturated heterocycles. The highest BCUT2D eigenvalue weighted by Crippen LogP contribution is 2.30. The molecular weight excluding hydrogens is 270 g/mol. The molecule has 0 fully saturated rings. The predicted molar refractivity (Wildman–Crippen MR) is 85.3 cm³/mol. The molecular formula is C15H21N3OS. The van der Waals surface area contributed by atoms with Crippen LogP contribution in [0.2, 0.25) is 0 Å². The van der Waals surface area contributed by atoms with Crippen LogP contribution in [0.3, 0.4) is 0 Å². The largest absolute Gasteiger partial charge is 0.392 e. The lowest BCUT2D eigenvalue weighted by molar-refractivity contribution is 0.196. The summed E-state index contributed by atoms with van der Waals surface area (Å²) in [6.45, 7) is 6.77. The Morgan fingerprint density at radius 2 is 2.00 bits per heavy atom. The van der Waals surface area contributed by atoms with Crippen molar-refractivity contribution in [1.82, 2.24) is 9.97 Å². The smallest absolute Gasteiger partial charge is 0.224 e. The summed E-state index contributed by atoms with van der Waals surface area (Å²) in [6, 6.07) is 7.98. The van der Waals surface area contributed by atoms with Gasteiger partial charge >= 0.3 is 0 Å². The molecule has 0 bridgehead atoms. The SMILES string of the molecule is CCCNc1nc(SC(C)C(C)O)c2ccccc2n1. The Bertz CT molecular complexity index is 574. The Labute approximate surface area is 124 Å². The van der Waals surface area contributed by atoms with Gasteiger partial charge in [-0.1, -0.05) is 43.8 Å². The summed E-state index contributed by atoms with van der Waals surface area (Å²) < 4.78 is 0. The highest BCUT2D eigenvalue weighted by Gasteiger charge is 2.15. The molecule has 1 aromatic heterocycles. The predicted octanol–water partition coefficient (Wildman–Crippen LogP) is 3.31. The normalized spacial score (nSPS) is 14.2. The lowest BCUT2D eigenvalue weighted by Crippen LogP contribution is -2.15. The van der Waals surface area contributed by atoms with Crippen LogP contribution in [0, 0.1) is 0 Å². The molecule has 5 heteroatoms. The quantitative estimate of drug-likeness (QED) is 0.631. The first-order chi connectivity index (χ1) is 9.61. The molecule has 2 rings (SSSR count). The van der Waals surface area contributed by atoms with Crippen molar-refractivity contribution in [3.8, 4) is 0 Å². The van der Waals surface area contributed by atoms with Crippen LogP contribution in [0.25, 0.3) is 10.9 Å². The number of fused-ring (bicyclic) bond motifs is 1. The van der Waals surface area contributed by atoms with Gasteiger partial charge < -0.3 is 10.4 Å². The number of nitrogens with zero attached hydrogens (tertiary/aromatic N) is 2. The van der Waals surface area contributed by atoms with Crippen LogP contribution in [0.4, 0.5) is 5.95 Å². The fourth-order valence-corrected chi connectivity index (χ4v) is 2.72. The lowest BCUT2D eigenvalue weighted by Gasteiger charge is -2.15. The summed E-state index contributed by atoms with van der Waals surface area (Å²) in [4.78, 5) is 9.12. The minimum atomic E-state index is -0.374. The van der Waals surface area contributed by atoms with Gasteiger partial charge in [-0.25, -0.2) is 9.97 Å². The van der Waals surface area contributed by atoms with E-state index in [9.17, 15) is 5.11 Å². The van der Waals surface area contributed by atoms with Crippen LogP contribution >= 0.6 is 11.8 Å². The van der Waals surface area contributed by atoms with Gasteiger partial charge in [-0.05, 0) is 19.4 Å². The lowest BCUT2D eigenvalue weighted by atomic mass is 10.2. The molecule has 2 N–H and O–H groups in total. The second kappa shape index (κ2) is 6.90. The van der Waals surface area contributed by atoms with Crippen molar-refractivity contribution in [2.24, 2.45) is 0 Å². The zero-order valence-electron chi connectivity index (χ0n) is 12.1. The number of nitrogens with one attached hydrogen (secondary N) is 1. The average Bonchev–Trinajstić information content (AvgIpc) is 2.45. The third-order valence-electron chi connectivity index (χ3n) is 3.08. The van der Waals surface area contributed by atoms with Crippen molar-refractivity contribution >= 4 is 28.6 Å². The molecule has 0 aliphatic heterocycles. The van der Waals surface area contributed by atoms with Crippen molar-refractivity contribution in [3.05, 3.63) is 24.3 Å². The molecule has 0 spiro atoms. The molecule has 0 radical (unpaired) electrons. The highest BCUT2D eigenvalue weighted by atomic mass is 32.2. The Morgan fingerprint density at radius 3 is 2.70 bits per heavy atom. The Balaban J connectivity index is 2.38. The van der Waals surface area contributed by atoms with Crippen molar-refractivity contribution in [3.63, 3.8) is 0 Å². The van der Waals surface area contributed by atoms with Crippen LogP contribution < -0.4 is 5.32 Å². The number of hydrogen-bond acceptors (Lipinski definition) is 5.